The number of piperidine rings is 1. The fourth-order valence-corrected chi connectivity index (χ4v) is 2.77. The van der Waals surface area contributed by atoms with Crippen LogP contribution in [-0.2, 0) is 0 Å². The maximum absolute atomic E-state index is 4.68. The van der Waals surface area contributed by atoms with Crippen LogP contribution in [0.3, 0.4) is 0 Å². The minimum atomic E-state index is 0. The van der Waals surface area contributed by atoms with Crippen molar-refractivity contribution in [3.05, 3.63) is 0 Å². The lowest BCUT2D eigenvalue weighted by atomic mass is 10.0. The van der Waals surface area contributed by atoms with Gasteiger partial charge in [0.05, 0.1) is 0 Å². The molecule has 1 heterocycles. The highest BCUT2D eigenvalue weighted by Gasteiger charge is 2.17. The minimum absolute atomic E-state index is 0. The summed E-state index contributed by atoms with van der Waals surface area (Å²) in [4.78, 5) is 7.32. The first-order chi connectivity index (χ1) is 9.92. The van der Waals surface area contributed by atoms with E-state index in [-0.39, 0.29) is 29.5 Å². The number of nitrogens with zero attached hydrogens (tertiary/aromatic N) is 2. The van der Waals surface area contributed by atoms with Crippen LogP contribution in [0.25, 0.3) is 0 Å². The van der Waals surface area contributed by atoms with Gasteiger partial charge in [0.2, 0.25) is 0 Å². The molecule has 0 bridgehead atoms. The largest absolute Gasteiger partial charge is 0.357 e. The zero-order valence-corrected chi connectivity index (χ0v) is 17.6. The van der Waals surface area contributed by atoms with Crippen molar-refractivity contribution < 1.29 is 0 Å². The van der Waals surface area contributed by atoms with Gasteiger partial charge in [-0.15, -0.1) is 24.0 Å². The summed E-state index contributed by atoms with van der Waals surface area (Å²) in [7, 11) is 0. The van der Waals surface area contributed by atoms with Crippen LogP contribution in [0.15, 0.2) is 4.99 Å². The van der Waals surface area contributed by atoms with Gasteiger partial charge in [-0.2, -0.15) is 0 Å². The molecule has 0 aromatic carbocycles. The van der Waals surface area contributed by atoms with Gasteiger partial charge in [-0.05, 0) is 73.4 Å². The van der Waals surface area contributed by atoms with Crippen molar-refractivity contribution in [1.82, 2.24) is 15.5 Å². The van der Waals surface area contributed by atoms with Crippen molar-refractivity contribution in [1.29, 1.82) is 0 Å². The van der Waals surface area contributed by atoms with E-state index in [2.05, 4.69) is 55.1 Å². The molecule has 1 rings (SSSR count). The Morgan fingerprint density at radius 1 is 1.23 bits per heavy atom. The number of guanidine groups is 1. The maximum atomic E-state index is 4.68. The minimum Gasteiger partial charge on any atom is -0.357 e. The highest BCUT2D eigenvalue weighted by atomic mass is 127. The van der Waals surface area contributed by atoms with E-state index < -0.39 is 0 Å². The summed E-state index contributed by atoms with van der Waals surface area (Å²) in [5.41, 5.74) is 0.0598. The predicted molar refractivity (Wildman–Crippen MR) is 108 cm³/mol. The standard InChI is InChI=1S/C17H36N4.HI/c1-6-18-16(20-17(3,4)5)19-12-8-10-14-21-13-9-7-11-15(21)2;/h15H,6-14H2,1-5H3,(H2,18,19,20);1H. The molecule has 1 aliphatic heterocycles. The zero-order valence-electron chi connectivity index (χ0n) is 15.2. The molecule has 2 N–H and O–H groups in total. The van der Waals surface area contributed by atoms with Crippen LogP contribution in [0.4, 0.5) is 0 Å². The Bertz CT molecular complexity index is 312. The van der Waals surface area contributed by atoms with Gasteiger partial charge in [-0.1, -0.05) is 6.42 Å². The van der Waals surface area contributed by atoms with Crippen molar-refractivity contribution in [2.75, 3.05) is 26.2 Å². The summed E-state index contributed by atoms with van der Waals surface area (Å²) in [6, 6.07) is 0.780. The van der Waals surface area contributed by atoms with Gasteiger partial charge in [0.25, 0.3) is 0 Å². The molecule has 0 aromatic rings. The highest BCUT2D eigenvalue weighted by Crippen LogP contribution is 2.16. The van der Waals surface area contributed by atoms with E-state index in [0.29, 0.717) is 0 Å². The molecule has 0 spiro atoms. The normalized spacial score (nSPS) is 20.4. The lowest BCUT2D eigenvalue weighted by Crippen LogP contribution is -2.47. The summed E-state index contributed by atoms with van der Waals surface area (Å²) in [5.74, 6) is 0.941. The van der Waals surface area contributed by atoms with E-state index in [1.165, 1.54) is 45.2 Å². The second kappa shape index (κ2) is 11.5. The van der Waals surface area contributed by atoms with Gasteiger partial charge in [-0.3, -0.25) is 4.99 Å². The van der Waals surface area contributed by atoms with Crippen LogP contribution in [-0.4, -0.2) is 48.6 Å². The number of hydrogen-bond donors (Lipinski definition) is 2. The van der Waals surface area contributed by atoms with Gasteiger partial charge >= 0.3 is 0 Å². The number of aliphatic imine (C=N–C) groups is 1. The molecule has 0 aliphatic carbocycles. The molecule has 1 atom stereocenters. The van der Waals surface area contributed by atoms with Crippen LogP contribution < -0.4 is 10.6 Å². The summed E-state index contributed by atoms with van der Waals surface area (Å²) < 4.78 is 0. The number of hydrogen-bond acceptors (Lipinski definition) is 2. The molecule has 1 fully saturated rings. The molecule has 0 amide bonds. The second-order valence-corrected chi connectivity index (χ2v) is 7.22. The molecule has 1 aliphatic rings. The van der Waals surface area contributed by atoms with Crippen LogP contribution in [0.1, 0.15) is 66.7 Å². The molecule has 22 heavy (non-hydrogen) atoms. The Balaban J connectivity index is 0.00000441. The lowest BCUT2D eigenvalue weighted by Gasteiger charge is -2.33. The summed E-state index contributed by atoms with van der Waals surface area (Å²) in [6.45, 7) is 15.3. The van der Waals surface area contributed by atoms with E-state index >= 15 is 0 Å². The van der Waals surface area contributed by atoms with Crippen molar-refractivity contribution in [3.63, 3.8) is 0 Å². The topological polar surface area (TPSA) is 39.7 Å². The SMILES string of the molecule is CCNC(=NCCCCN1CCCCC1C)NC(C)(C)C.I. The summed E-state index contributed by atoms with van der Waals surface area (Å²) >= 11 is 0. The fourth-order valence-electron chi connectivity index (χ4n) is 2.77. The number of nitrogens with one attached hydrogen (secondary N) is 2. The number of likely N-dealkylation sites (tertiary alicyclic amines) is 1. The number of rotatable bonds is 6. The zero-order chi connectivity index (χ0) is 15.7. The Morgan fingerprint density at radius 2 is 1.95 bits per heavy atom. The monoisotopic (exact) mass is 424 g/mol. The van der Waals surface area contributed by atoms with Crippen LogP contribution >= 0.6 is 24.0 Å². The average molecular weight is 424 g/mol. The first-order valence-electron chi connectivity index (χ1n) is 8.73. The third-order valence-corrected chi connectivity index (χ3v) is 3.90. The molecular formula is C17H37IN4. The fraction of sp³-hybridized carbons (Fsp3) is 0.941. The van der Waals surface area contributed by atoms with E-state index in [4.69, 9.17) is 0 Å². The lowest BCUT2D eigenvalue weighted by molar-refractivity contribution is 0.158. The van der Waals surface area contributed by atoms with E-state index in [0.717, 1.165) is 25.1 Å². The Kier molecular flexibility index (Phi) is 11.5. The van der Waals surface area contributed by atoms with E-state index in [1.807, 2.05) is 0 Å². The third kappa shape index (κ3) is 9.87. The Hall–Kier alpha value is -0.0400. The summed E-state index contributed by atoms with van der Waals surface area (Å²) in [5, 5.41) is 6.75. The van der Waals surface area contributed by atoms with E-state index in [1.54, 1.807) is 0 Å². The van der Waals surface area contributed by atoms with Crippen molar-refractivity contribution in [2.45, 2.75) is 78.3 Å². The molecule has 4 nitrogen and oxygen atoms in total. The van der Waals surface area contributed by atoms with Crippen LogP contribution in [0, 0.1) is 0 Å². The predicted octanol–water partition coefficient (Wildman–Crippen LogP) is 3.61. The Labute approximate surface area is 154 Å². The molecule has 0 aromatic heterocycles. The van der Waals surface area contributed by atoms with Gasteiger partial charge in [0, 0.05) is 24.7 Å². The second-order valence-electron chi connectivity index (χ2n) is 7.22. The number of halogens is 1. The van der Waals surface area contributed by atoms with Crippen molar-refractivity contribution in [2.24, 2.45) is 4.99 Å². The summed E-state index contributed by atoms with van der Waals surface area (Å²) in [6.07, 6.45) is 6.58. The first kappa shape index (κ1) is 22.0. The smallest absolute Gasteiger partial charge is 0.191 e. The molecule has 5 heteroatoms. The molecule has 1 saturated heterocycles. The van der Waals surface area contributed by atoms with Gasteiger partial charge < -0.3 is 15.5 Å². The molecule has 132 valence electrons. The van der Waals surface area contributed by atoms with Gasteiger partial charge in [-0.25, -0.2) is 0 Å². The quantitative estimate of drug-likeness (QED) is 0.296. The highest BCUT2D eigenvalue weighted by molar-refractivity contribution is 14.0. The van der Waals surface area contributed by atoms with Crippen LogP contribution in [0.5, 0.6) is 0 Å². The van der Waals surface area contributed by atoms with Crippen molar-refractivity contribution in [3.8, 4) is 0 Å². The molecule has 0 saturated carbocycles. The van der Waals surface area contributed by atoms with Crippen LogP contribution in [0.2, 0.25) is 0 Å². The number of unbranched alkanes of at least 4 members (excludes halogenated alkanes) is 1. The maximum Gasteiger partial charge on any atom is 0.191 e. The molecule has 1 unspecified atom stereocenters. The van der Waals surface area contributed by atoms with E-state index in [9.17, 15) is 0 Å². The van der Waals surface area contributed by atoms with Gasteiger partial charge in [0.1, 0.15) is 0 Å². The average Bonchev–Trinajstić information content (AvgIpc) is 2.39. The van der Waals surface area contributed by atoms with Gasteiger partial charge in [0.15, 0.2) is 5.96 Å². The van der Waals surface area contributed by atoms with Crippen molar-refractivity contribution >= 4 is 29.9 Å². The molecule has 0 radical (unpaired) electrons. The third-order valence-electron chi connectivity index (χ3n) is 3.90. The first-order valence-corrected chi connectivity index (χ1v) is 8.73. The molecular weight excluding hydrogens is 387 g/mol. The Morgan fingerprint density at radius 3 is 2.55 bits per heavy atom.